The van der Waals surface area contributed by atoms with Crippen molar-refractivity contribution in [3.05, 3.63) is 60.2 Å². The van der Waals surface area contributed by atoms with Crippen LogP contribution in [0.5, 0.6) is 0 Å². The largest absolute Gasteiger partial charge is 0.460 e. The normalized spacial score (nSPS) is 10.3. The Morgan fingerprint density at radius 2 is 1.24 bits per heavy atom. The number of allylic oxidation sites excluding steroid dienone is 2. The molecular formula is C23H30O6. The molecule has 29 heavy (non-hydrogen) atoms. The van der Waals surface area contributed by atoms with Crippen LogP contribution >= 0.6 is 0 Å². The van der Waals surface area contributed by atoms with Gasteiger partial charge in [-0.05, 0) is 25.7 Å². The quantitative estimate of drug-likeness (QED) is 0.181. The maximum Gasteiger partial charge on any atom is 0.379 e. The second kappa shape index (κ2) is 17.1. The van der Waals surface area contributed by atoms with E-state index in [1.807, 2.05) is 38.2 Å². The Morgan fingerprint density at radius 3 is 1.69 bits per heavy atom. The molecular weight excluding hydrogens is 372 g/mol. The predicted molar refractivity (Wildman–Crippen MR) is 111 cm³/mol. The van der Waals surface area contributed by atoms with Crippen LogP contribution < -0.4 is 0 Å². The lowest BCUT2D eigenvalue weighted by atomic mass is 10.1. The Labute approximate surface area is 172 Å². The summed E-state index contributed by atoms with van der Waals surface area (Å²) in [5.41, 5.74) is 0.363. The van der Waals surface area contributed by atoms with E-state index in [1.165, 1.54) is 6.92 Å². The van der Waals surface area contributed by atoms with Crippen molar-refractivity contribution < 1.29 is 28.7 Å². The molecule has 0 amide bonds. The number of hydrogen-bond acceptors (Lipinski definition) is 6. The van der Waals surface area contributed by atoms with E-state index < -0.39 is 23.5 Å². The maximum atomic E-state index is 11.6. The fourth-order valence-electron chi connectivity index (χ4n) is 1.88. The summed E-state index contributed by atoms with van der Waals surface area (Å²) in [5.74, 6) is -2.68. The van der Waals surface area contributed by atoms with Gasteiger partial charge in [0.1, 0.15) is 0 Å². The van der Waals surface area contributed by atoms with Gasteiger partial charge in [-0.3, -0.25) is 9.59 Å². The average molecular weight is 402 g/mol. The molecule has 0 aliphatic rings. The Morgan fingerprint density at radius 1 is 0.759 bits per heavy atom. The van der Waals surface area contributed by atoms with E-state index in [1.54, 1.807) is 30.3 Å². The SMILES string of the molecule is CCC=CCCOC(=O)C(=O)c1ccccc1.CCC=CCCOC(=O)C(C)=O. The molecule has 6 heteroatoms. The van der Waals surface area contributed by atoms with E-state index >= 15 is 0 Å². The highest BCUT2D eigenvalue weighted by molar-refractivity contribution is 6.40. The van der Waals surface area contributed by atoms with Gasteiger partial charge in [-0.25, -0.2) is 9.59 Å². The molecule has 0 aliphatic heterocycles. The molecule has 0 fully saturated rings. The summed E-state index contributed by atoms with van der Waals surface area (Å²) in [6.45, 7) is 5.78. The minimum absolute atomic E-state index is 0.244. The zero-order valence-corrected chi connectivity index (χ0v) is 17.4. The first-order valence-corrected chi connectivity index (χ1v) is 9.68. The molecule has 6 nitrogen and oxygen atoms in total. The van der Waals surface area contributed by atoms with Gasteiger partial charge in [0, 0.05) is 12.5 Å². The summed E-state index contributed by atoms with van der Waals surface area (Å²) in [4.78, 5) is 43.9. The first-order valence-electron chi connectivity index (χ1n) is 9.68. The highest BCUT2D eigenvalue weighted by Crippen LogP contribution is 2.01. The van der Waals surface area contributed by atoms with Gasteiger partial charge >= 0.3 is 11.9 Å². The second-order valence-corrected chi connectivity index (χ2v) is 5.86. The van der Waals surface area contributed by atoms with Crippen LogP contribution in [0.25, 0.3) is 0 Å². The Kier molecular flexibility index (Phi) is 15.3. The Hall–Kier alpha value is -3.02. The number of Topliss-reactive ketones (excluding diaryl/α,β-unsaturated/α-hetero) is 2. The molecule has 0 saturated heterocycles. The lowest BCUT2D eigenvalue weighted by Crippen LogP contribution is -2.17. The fourth-order valence-corrected chi connectivity index (χ4v) is 1.88. The van der Waals surface area contributed by atoms with E-state index in [9.17, 15) is 19.2 Å². The molecule has 0 saturated carbocycles. The van der Waals surface area contributed by atoms with Gasteiger partial charge in [0.2, 0.25) is 5.78 Å². The molecule has 0 spiro atoms. The molecule has 0 bridgehead atoms. The summed E-state index contributed by atoms with van der Waals surface area (Å²) in [5, 5.41) is 0. The van der Waals surface area contributed by atoms with Crippen molar-refractivity contribution in [2.45, 2.75) is 46.5 Å². The van der Waals surface area contributed by atoms with Gasteiger partial charge in [-0.15, -0.1) is 0 Å². The lowest BCUT2D eigenvalue weighted by Gasteiger charge is -2.01. The first-order chi connectivity index (χ1) is 13.9. The van der Waals surface area contributed by atoms with Crippen molar-refractivity contribution in [2.24, 2.45) is 0 Å². The minimum Gasteiger partial charge on any atom is -0.460 e. The number of hydrogen-bond donors (Lipinski definition) is 0. The van der Waals surface area contributed by atoms with Crippen molar-refractivity contribution >= 4 is 23.5 Å². The van der Waals surface area contributed by atoms with Gasteiger partial charge in [0.15, 0.2) is 0 Å². The molecule has 1 aromatic rings. The zero-order chi connectivity index (χ0) is 21.9. The van der Waals surface area contributed by atoms with E-state index in [4.69, 9.17) is 4.74 Å². The van der Waals surface area contributed by atoms with Crippen molar-refractivity contribution in [3.63, 3.8) is 0 Å². The van der Waals surface area contributed by atoms with Crippen LogP contribution in [-0.4, -0.2) is 36.7 Å². The molecule has 0 unspecified atom stereocenters. The molecule has 0 N–H and O–H groups in total. The van der Waals surface area contributed by atoms with Crippen LogP contribution in [0.2, 0.25) is 0 Å². The summed E-state index contributed by atoms with van der Waals surface area (Å²) >= 11 is 0. The number of benzene rings is 1. The fraction of sp³-hybridized carbons (Fsp3) is 0.391. The van der Waals surface area contributed by atoms with Crippen LogP contribution in [-0.2, 0) is 23.9 Å². The van der Waals surface area contributed by atoms with Crippen molar-refractivity contribution in [3.8, 4) is 0 Å². The highest BCUT2D eigenvalue weighted by atomic mass is 16.5. The molecule has 1 aromatic carbocycles. The number of rotatable bonds is 11. The van der Waals surface area contributed by atoms with E-state index in [2.05, 4.69) is 4.74 Å². The summed E-state index contributed by atoms with van der Waals surface area (Å²) in [6.07, 6.45) is 11.1. The molecule has 0 aliphatic carbocycles. The maximum absolute atomic E-state index is 11.6. The van der Waals surface area contributed by atoms with Crippen molar-refractivity contribution in [1.29, 1.82) is 0 Å². The third-order valence-electron chi connectivity index (χ3n) is 3.35. The van der Waals surface area contributed by atoms with Crippen LogP contribution in [0.3, 0.4) is 0 Å². The zero-order valence-electron chi connectivity index (χ0n) is 17.4. The molecule has 1 rings (SSSR count). The number of carbonyl (C=O) groups excluding carboxylic acids is 4. The molecule has 0 heterocycles. The third kappa shape index (κ3) is 13.7. The topological polar surface area (TPSA) is 86.7 Å². The highest BCUT2D eigenvalue weighted by Gasteiger charge is 2.16. The molecule has 0 atom stereocenters. The minimum atomic E-state index is -0.791. The van der Waals surface area contributed by atoms with Crippen LogP contribution in [0.4, 0.5) is 0 Å². The van der Waals surface area contributed by atoms with Gasteiger partial charge in [-0.1, -0.05) is 68.5 Å². The van der Waals surface area contributed by atoms with Gasteiger partial charge in [-0.2, -0.15) is 0 Å². The average Bonchev–Trinajstić information content (AvgIpc) is 2.73. The monoisotopic (exact) mass is 402 g/mol. The Balaban J connectivity index is 0.000000578. The number of ether oxygens (including phenoxy) is 2. The number of esters is 2. The molecule has 158 valence electrons. The number of ketones is 2. The second-order valence-electron chi connectivity index (χ2n) is 5.86. The Bertz CT molecular complexity index is 689. The molecule has 0 aromatic heterocycles. The van der Waals surface area contributed by atoms with Crippen molar-refractivity contribution in [1.82, 2.24) is 0 Å². The van der Waals surface area contributed by atoms with E-state index in [-0.39, 0.29) is 13.2 Å². The number of carbonyl (C=O) groups is 4. The van der Waals surface area contributed by atoms with Gasteiger partial charge in [0.25, 0.3) is 5.78 Å². The van der Waals surface area contributed by atoms with Gasteiger partial charge in [0.05, 0.1) is 13.2 Å². The van der Waals surface area contributed by atoms with Crippen molar-refractivity contribution in [2.75, 3.05) is 13.2 Å². The third-order valence-corrected chi connectivity index (χ3v) is 3.35. The lowest BCUT2D eigenvalue weighted by molar-refractivity contribution is -0.152. The standard InChI is InChI=1S/C14H16O3.C9H14O3/c1-2-3-4-8-11-17-14(16)13(15)12-9-6-5-7-10-12;1-3-4-5-6-7-12-9(11)8(2)10/h3-7,9-10H,2,8,11H2,1H3;4-5H,3,6-7H2,1-2H3. The van der Waals surface area contributed by atoms with Crippen LogP contribution in [0, 0.1) is 0 Å². The van der Waals surface area contributed by atoms with Gasteiger partial charge < -0.3 is 9.47 Å². The van der Waals surface area contributed by atoms with E-state index in [0.29, 0.717) is 18.4 Å². The van der Waals surface area contributed by atoms with Crippen LogP contribution in [0.1, 0.15) is 56.8 Å². The predicted octanol–water partition coefficient (Wildman–Crippen LogP) is 4.24. The first kappa shape index (κ1) is 26.0. The summed E-state index contributed by atoms with van der Waals surface area (Å²) in [7, 11) is 0. The van der Waals surface area contributed by atoms with E-state index in [0.717, 1.165) is 12.8 Å². The smallest absolute Gasteiger partial charge is 0.379 e. The summed E-state index contributed by atoms with van der Waals surface area (Å²) < 4.78 is 9.48. The summed E-state index contributed by atoms with van der Waals surface area (Å²) in [6, 6.07) is 8.41. The molecule has 0 radical (unpaired) electrons. The van der Waals surface area contributed by atoms with Crippen LogP contribution in [0.15, 0.2) is 54.6 Å².